The van der Waals surface area contributed by atoms with Crippen molar-refractivity contribution in [2.45, 2.75) is 36.0 Å². The highest BCUT2D eigenvalue weighted by Gasteiger charge is 2.40. The molecule has 4 heterocycles. The number of halogens is 1. The number of fused-ring (bicyclic) bond motifs is 7. The molecule has 1 N–H and O–H groups in total. The van der Waals surface area contributed by atoms with Crippen LogP contribution in [0.4, 0.5) is 4.39 Å². The van der Waals surface area contributed by atoms with Crippen LogP contribution in [0.2, 0.25) is 0 Å². The molecular formula is C26H24FN3O4S. The van der Waals surface area contributed by atoms with Gasteiger partial charge in [0.2, 0.25) is 5.43 Å². The number of rotatable bonds is 0. The van der Waals surface area contributed by atoms with E-state index in [0.29, 0.717) is 35.8 Å². The van der Waals surface area contributed by atoms with Gasteiger partial charge in [0.25, 0.3) is 5.91 Å². The number of carbonyl (C=O) groups is 1. The van der Waals surface area contributed by atoms with Crippen LogP contribution in [0, 0.1) is 5.82 Å². The maximum Gasteiger partial charge on any atom is 0.277 e. The van der Waals surface area contributed by atoms with Gasteiger partial charge in [0, 0.05) is 40.6 Å². The van der Waals surface area contributed by atoms with Gasteiger partial charge in [-0.15, -0.1) is 11.8 Å². The summed E-state index contributed by atoms with van der Waals surface area (Å²) in [4.78, 5) is 28.4. The summed E-state index contributed by atoms with van der Waals surface area (Å²) < 4.78 is 23.1. The molecular weight excluding hydrogens is 469 g/mol. The molecule has 1 amide bonds. The molecule has 0 unspecified atom stereocenters. The molecule has 9 heteroatoms. The van der Waals surface area contributed by atoms with Crippen molar-refractivity contribution in [2.75, 3.05) is 24.8 Å². The SMILES string of the molecule is O=C1c2c(O)c(=O)ccn2N2CN1CCCCCOc1ccc(F)c3c1[C@H]2c1ccccc1SC3. The first-order chi connectivity index (χ1) is 17.0. The van der Waals surface area contributed by atoms with E-state index in [2.05, 4.69) is 0 Å². The second-order valence-corrected chi connectivity index (χ2v) is 9.96. The molecule has 180 valence electrons. The minimum atomic E-state index is -0.611. The maximum absolute atomic E-state index is 15.3. The second-order valence-electron chi connectivity index (χ2n) is 8.95. The van der Waals surface area contributed by atoms with Crippen molar-refractivity contribution in [3.8, 4) is 11.5 Å². The highest BCUT2D eigenvalue weighted by Crippen LogP contribution is 2.47. The minimum Gasteiger partial charge on any atom is -0.502 e. The summed E-state index contributed by atoms with van der Waals surface area (Å²) in [5.41, 5.74) is 1.53. The Morgan fingerprint density at radius 2 is 1.91 bits per heavy atom. The number of hydrogen-bond donors (Lipinski definition) is 1. The Hall–Kier alpha value is -3.46. The quantitative estimate of drug-likeness (QED) is 0.510. The van der Waals surface area contributed by atoms with Crippen molar-refractivity contribution >= 4 is 17.7 Å². The van der Waals surface area contributed by atoms with E-state index >= 15 is 4.39 Å². The van der Waals surface area contributed by atoms with Gasteiger partial charge < -0.3 is 14.7 Å². The fraction of sp³-hybridized carbons (Fsp3) is 0.308. The predicted octanol–water partition coefficient (Wildman–Crippen LogP) is 4.00. The van der Waals surface area contributed by atoms with Gasteiger partial charge in [-0.05, 0) is 43.0 Å². The Morgan fingerprint density at radius 1 is 1.06 bits per heavy atom. The summed E-state index contributed by atoms with van der Waals surface area (Å²) in [6, 6.07) is 11.8. The van der Waals surface area contributed by atoms with E-state index in [1.807, 2.05) is 29.3 Å². The van der Waals surface area contributed by atoms with Crippen LogP contribution >= 0.6 is 11.8 Å². The Balaban J connectivity index is 1.67. The van der Waals surface area contributed by atoms with E-state index in [4.69, 9.17) is 4.74 Å². The topological polar surface area (TPSA) is 75.0 Å². The zero-order valence-corrected chi connectivity index (χ0v) is 19.8. The van der Waals surface area contributed by atoms with Crippen LogP contribution in [0.1, 0.15) is 52.5 Å². The molecule has 2 aromatic carbocycles. The smallest absolute Gasteiger partial charge is 0.277 e. The third-order valence-electron chi connectivity index (χ3n) is 6.88. The van der Waals surface area contributed by atoms with Crippen molar-refractivity contribution in [2.24, 2.45) is 0 Å². The number of nitrogens with zero attached hydrogens (tertiary/aromatic N) is 3. The van der Waals surface area contributed by atoms with Crippen LogP contribution in [0.5, 0.6) is 11.5 Å². The zero-order valence-electron chi connectivity index (χ0n) is 18.9. The highest BCUT2D eigenvalue weighted by molar-refractivity contribution is 7.98. The predicted molar refractivity (Wildman–Crippen MR) is 130 cm³/mol. The van der Waals surface area contributed by atoms with Gasteiger partial charge in [0.05, 0.1) is 6.61 Å². The zero-order chi connectivity index (χ0) is 24.1. The van der Waals surface area contributed by atoms with E-state index in [0.717, 1.165) is 29.7 Å². The van der Waals surface area contributed by atoms with E-state index in [9.17, 15) is 14.7 Å². The van der Waals surface area contributed by atoms with Crippen LogP contribution in [0.25, 0.3) is 0 Å². The molecule has 1 atom stereocenters. The number of carbonyl (C=O) groups excluding carboxylic acids is 1. The van der Waals surface area contributed by atoms with Gasteiger partial charge in [-0.25, -0.2) is 4.39 Å². The third kappa shape index (κ3) is 3.56. The van der Waals surface area contributed by atoms with E-state index in [-0.39, 0.29) is 24.1 Å². The Morgan fingerprint density at radius 3 is 2.80 bits per heavy atom. The largest absolute Gasteiger partial charge is 0.502 e. The van der Waals surface area contributed by atoms with Crippen LogP contribution in [-0.2, 0) is 5.75 Å². The molecule has 0 radical (unpaired) electrons. The summed E-state index contributed by atoms with van der Waals surface area (Å²) in [6.07, 6.45) is 3.93. The first-order valence-corrected chi connectivity index (χ1v) is 12.7. The van der Waals surface area contributed by atoms with Crippen molar-refractivity contribution < 1.29 is 19.0 Å². The van der Waals surface area contributed by atoms with Crippen LogP contribution in [0.15, 0.2) is 58.4 Å². The molecule has 0 saturated heterocycles. The molecule has 1 aromatic heterocycles. The molecule has 35 heavy (non-hydrogen) atoms. The van der Waals surface area contributed by atoms with Gasteiger partial charge in [-0.1, -0.05) is 18.2 Å². The van der Waals surface area contributed by atoms with Gasteiger partial charge in [-0.3, -0.25) is 19.3 Å². The van der Waals surface area contributed by atoms with Crippen molar-refractivity contribution in [1.82, 2.24) is 9.58 Å². The summed E-state index contributed by atoms with van der Waals surface area (Å²) in [5, 5.41) is 12.6. The number of ether oxygens (including phenoxy) is 1. The first-order valence-electron chi connectivity index (χ1n) is 11.7. The molecule has 0 fully saturated rings. The first kappa shape index (κ1) is 22.0. The van der Waals surface area contributed by atoms with Crippen molar-refractivity contribution in [3.05, 3.63) is 87.1 Å². The number of benzene rings is 2. The molecule has 3 aliphatic heterocycles. The second kappa shape index (κ2) is 8.64. The minimum absolute atomic E-state index is 0.0735. The van der Waals surface area contributed by atoms with Crippen LogP contribution in [0.3, 0.4) is 0 Å². The maximum atomic E-state index is 15.3. The lowest BCUT2D eigenvalue weighted by molar-refractivity contribution is 0.0674. The lowest BCUT2D eigenvalue weighted by Crippen LogP contribution is -2.55. The van der Waals surface area contributed by atoms with Gasteiger partial charge in [0.1, 0.15) is 24.3 Å². The van der Waals surface area contributed by atoms with Gasteiger partial charge >= 0.3 is 0 Å². The monoisotopic (exact) mass is 493 g/mol. The Bertz CT molecular complexity index is 1390. The average molecular weight is 494 g/mol. The fourth-order valence-electron chi connectivity index (χ4n) is 5.17. The summed E-state index contributed by atoms with van der Waals surface area (Å²) in [7, 11) is 0. The number of hydrogen-bond acceptors (Lipinski definition) is 6. The molecule has 3 aliphatic rings. The summed E-state index contributed by atoms with van der Waals surface area (Å²) >= 11 is 1.56. The standard InChI is InChI=1S/C26H24FN3O4S/c27-18-8-9-20-22-17(18)14-35-21-7-3-2-6-16(21)23(22)30-15-28(11-4-1-5-13-34-20)26(33)24-25(32)19(31)10-12-29(24)30/h2-3,6-10,12,23,32H,1,4-5,11,13-15H2/t23-/m1/s1. The summed E-state index contributed by atoms with van der Waals surface area (Å²) in [5.74, 6) is -0.227. The van der Waals surface area contributed by atoms with Crippen molar-refractivity contribution in [3.63, 3.8) is 0 Å². The average Bonchev–Trinajstić information content (AvgIpc) is 3.03. The fourth-order valence-corrected chi connectivity index (χ4v) is 6.29. The molecule has 0 saturated carbocycles. The Kier molecular flexibility index (Phi) is 5.44. The number of thioether (sulfide) groups is 1. The summed E-state index contributed by atoms with van der Waals surface area (Å²) in [6.45, 7) is 1.19. The Labute approximate surface area is 205 Å². The molecule has 0 spiro atoms. The highest BCUT2D eigenvalue weighted by atomic mass is 32.2. The van der Waals surface area contributed by atoms with E-state index in [1.165, 1.54) is 18.3 Å². The van der Waals surface area contributed by atoms with E-state index < -0.39 is 17.2 Å². The number of aromatic nitrogens is 1. The van der Waals surface area contributed by atoms with Crippen LogP contribution in [-0.4, -0.2) is 40.4 Å². The van der Waals surface area contributed by atoms with Crippen molar-refractivity contribution in [1.29, 1.82) is 0 Å². The van der Waals surface area contributed by atoms with Crippen LogP contribution < -0.4 is 15.2 Å². The molecule has 7 nitrogen and oxygen atoms in total. The normalized spacial score (nSPS) is 19.3. The number of aromatic hydroxyl groups is 1. The van der Waals surface area contributed by atoms with Gasteiger partial charge in [-0.2, -0.15) is 0 Å². The molecule has 2 bridgehead atoms. The number of pyridine rings is 1. The van der Waals surface area contributed by atoms with Gasteiger partial charge in [0.15, 0.2) is 11.4 Å². The number of amides is 1. The molecule has 3 aromatic rings. The van der Waals surface area contributed by atoms with E-state index in [1.54, 1.807) is 27.4 Å². The molecule has 0 aliphatic carbocycles. The molecule has 6 rings (SSSR count). The lowest BCUT2D eigenvalue weighted by atomic mass is 9.93. The third-order valence-corrected chi connectivity index (χ3v) is 8.00. The lowest BCUT2D eigenvalue weighted by Gasteiger charge is -2.44.